The van der Waals surface area contributed by atoms with E-state index in [0.717, 1.165) is 6.42 Å². The molecular formula is C10H21BrO. The minimum absolute atomic E-state index is 0.273. The lowest BCUT2D eigenvalue weighted by molar-refractivity contribution is 0.290. The van der Waals surface area contributed by atoms with Crippen LogP contribution < -0.4 is 0 Å². The molecule has 0 radical (unpaired) electrons. The average molecular weight is 237 g/mol. The van der Waals surface area contributed by atoms with Gasteiger partial charge in [0.15, 0.2) is 0 Å². The summed E-state index contributed by atoms with van der Waals surface area (Å²) in [6.07, 6.45) is 9.11. The molecular weight excluding hydrogens is 216 g/mol. The molecule has 0 amide bonds. The van der Waals surface area contributed by atoms with Crippen molar-refractivity contribution in [1.82, 2.24) is 0 Å². The summed E-state index contributed by atoms with van der Waals surface area (Å²) in [5.41, 5.74) is 0. The third kappa shape index (κ3) is 8.54. The van der Waals surface area contributed by atoms with E-state index < -0.39 is 0 Å². The van der Waals surface area contributed by atoms with Crippen LogP contribution in [-0.4, -0.2) is 16.5 Å². The minimum atomic E-state index is 0.273. The lowest BCUT2D eigenvalue weighted by Crippen LogP contribution is -2.02. The Bertz CT molecular complexity index is 85.9. The lowest BCUT2D eigenvalue weighted by Gasteiger charge is -2.04. The Hall–Kier alpha value is 0.440. The maximum Gasteiger partial charge on any atom is 0.0556 e. The maximum absolute atomic E-state index is 8.73. The van der Waals surface area contributed by atoms with Gasteiger partial charge in [0.25, 0.3) is 0 Å². The van der Waals surface area contributed by atoms with Gasteiger partial charge in [0.2, 0.25) is 0 Å². The first-order chi connectivity index (χ1) is 5.81. The van der Waals surface area contributed by atoms with Gasteiger partial charge in [0.1, 0.15) is 0 Å². The van der Waals surface area contributed by atoms with Crippen molar-refractivity contribution >= 4 is 15.9 Å². The van der Waals surface area contributed by atoms with Crippen molar-refractivity contribution in [2.24, 2.45) is 0 Å². The van der Waals surface area contributed by atoms with Gasteiger partial charge in [0.05, 0.1) is 6.61 Å². The molecule has 0 heterocycles. The molecule has 12 heavy (non-hydrogen) atoms. The summed E-state index contributed by atoms with van der Waals surface area (Å²) in [5, 5.41) is 8.73. The Labute approximate surface area is 84.7 Å². The molecule has 0 saturated heterocycles. The third-order valence-electron chi connectivity index (χ3n) is 2.07. The largest absolute Gasteiger partial charge is 0.395 e. The van der Waals surface area contributed by atoms with Gasteiger partial charge >= 0.3 is 0 Å². The van der Waals surface area contributed by atoms with Crippen molar-refractivity contribution in [1.29, 1.82) is 0 Å². The van der Waals surface area contributed by atoms with E-state index in [4.69, 9.17) is 5.11 Å². The molecule has 0 aliphatic rings. The number of aliphatic hydroxyl groups excluding tert-OH is 1. The minimum Gasteiger partial charge on any atom is -0.395 e. The zero-order valence-electron chi connectivity index (χ0n) is 8.06. The fraction of sp³-hybridized carbons (Fsp3) is 1.00. The summed E-state index contributed by atoms with van der Waals surface area (Å²) in [6, 6.07) is 0. The number of unbranched alkanes of at least 4 members (excludes halogenated alkanes) is 5. The van der Waals surface area contributed by atoms with Crippen molar-refractivity contribution in [3.63, 3.8) is 0 Å². The molecule has 1 nitrogen and oxygen atoms in total. The molecule has 0 rings (SSSR count). The Kier molecular flexibility index (Phi) is 9.88. The molecule has 0 aromatic heterocycles. The third-order valence-corrected chi connectivity index (χ3v) is 2.82. The zero-order chi connectivity index (χ0) is 9.23. The van der Waals surface area contributed by atoms with E-state index in [-0.39, 0.29) is 6.61 Å². The van der Waals surface area contributed by atoms with Gasteiger partial charge in [-0.15, -0.1) is 0 Å². The monoisotopic (exact) mass is 236 g/mol. The Morgan fingerprint density at radius 3 is 2.25 bits per heavy atom. The van der Waals surface area contributed by atoms with Gasteiger partial charge in [-0.2, -0.15) is 0 Å². The number of rotatable bonds is 8. The van der Waals surface area contributed by atoms with Crippen LogP contribution in [0.15, 0.2) is 0 Å². The highest BCUT2D eigenvalue weighted by atomic mass is 79.9. The summed E-state index contributed by atoms with van der Waals surface area (Å²) in [7, 11) is 0. The summed E-state index contributed by atoms with van der Waals surface area (Å²) in [6.45, 7) is 2.51. The Balaban J connectivity index is 2.90. The SMILES string of the molecule is CCCCCCCCC(Br)CO. The number of halogens is 1. The number of aliphatic hydroxyl groups is 1. The summed E-state index contributed by atoms with van der Waals surface area (Å²) >= 11 is 3.41. The first-order valence-corrected chi connectivity index (χ1v) is 5.97. The van der Waals surface area contributed by atoms with Crippen molar-refractivity contribution < 1.29 is 5.11 Å². The van der Waals surface area contributed by atoms with Crippen LogP contribution in [0.3, 0.4) is 0 Å². The van der Waals surface area contributed by atoms with Crippen LogP contribution in [0.25, 0.3) is 0 Å². The van der Waals surface area contributed by atoms with E-state index in [9.17, 15) is 0 Å². The number of hydrogen-bond acceptors (Lipinski definition) is 1. The number of hydrogen-bond donors (Lipinski definition) is 1. The normalized spacial score (nSPS) is 13.2. The molecule has 74 valence electrons. The van der Waals surface area contributed by atoms with E-state index in [1.807, 2.05) is 0 Å². The highest BCUT2D eigenvalue weighted by Crippen LogP contribution is 2.12. The van der Waals surface area contributed by atoms with E-state index >= 15 is 0 Å². The lowest BCUT2D eigenvalue weighted by atomic mass is 10.1. The van der Waals surface area contributed by atoms with Gasteiger partial charge in [0, 0.05) is 4.83 Å². The fourth-order valence-corrected chi connectivity index (χ4v) is 1.56. The molecule has 1 unspecified atom stereocenters. The van der Waals surface area contributed by atoms with Gasteiger partial charge in [-0.05, 0) is 6.42 Å². The summed E-state index contributed by atoms with van der Waals surface area (Å²) < 4.78 is 0. The van der Waals surface area contributed by atoms with E-state index in [2.05, 4.69) is 22.9 Å². The van der Waals surface area contributed by atoms with Crippen molar-refractivity contribution in [3.8, 4) is 0 Å². The maximum atomic E-state index is 8.73. The predicted molar refractivity (Wildman–Crippen MR) is 57.8 cm³/mol. The quantitative estimate of drug-likeness (QED) is 0.506. The molecule has 1 atom stereocenters. The highest BCUT2D eigenvalue weighted by molar-refractivity contribution is 9.09. The van der Waals surface area contributed by atoms with E-state index in [1.54, 1.807) is 0 Å². The molecule has 2 heteroatoms. The number of alkyl halides is 1. The van der Waals surface area contributed by atoms with Crippen LogP contribution in [0.2, 0.25) is 0 Å². The van der Waals surface area contributed by atoms with E-state index in [1.165, 1.54) is 38.5 Å². The van der Waals surface area contributed by atoms with Crippen molar-refractivity contribution in [3.05, 3.63) is 0 Å². The molecule has 0 aliphatic carbocycles. The van der Waals surface area contributed by atoms with Crippen LogP contribution >= 0.6 is 15.9 Å². The second kappa shape index (κ2) is 9.53. The molecule has 0 fully saturated rings. The molecule has 0 saturated carbocycles. The van der Waals surface area contributed by atoms with Crippen molar-refractivity contribution in [2.45, 2.75) is 56.7 Å². The van der Waals surface area contributed by atoms with Gasteiger partial charge in [-0.1, -0.05) is 61.4 Å². The summed E-state index contributed by atoms with van der Waals surface area (Å²) in [5.74, 6) is 0. The second-order valence-corrected chi connectivity index (χ2v) is 4.63. The molecule has 0 aromatic rings. The molecule has 0 aliphatic heterocycles. The van der Waals surface area contributed by atoms with E-state index in [0.29, 0.717) is 4.83 Å². The van der Waals surface area contributed by atoms with Gasteiger partial charge in [-0.25, -0.2) is 0 Å². The smallest absolute Gasteiger partial charge is 0.0556 e. The van der Waals surface area contributed by atoms with Crippen LogP contribution in [0.4, 0.5) is 0 Å². The highest BCUT2D eigenvalue weighted by Gasteiger charge is 2.00. The first kappa shape index (κ1) is 12.4. The molecule has 0 spiro atoms. The standard InChI is InChI=1S/C10H21BrO/c1-2-3-4-5-6-7-8-10(11)9-12/h10,12H,2-9H2,1H3. The fourth-order valence-electron chi connectivity index (χ4n) is 1.24. The van der Waals surface area contributed by atoms with Gasteiger partial charge < -0.3 is 5.11 Å². The Morgan fingerprint density at radius 2 is 1.67 bits per heavy atom. The Morgan fingerprint density at radius 1 is 1.08 bits per heavy atom. The van der Waals surface area contributed by atoms with Crippen LogP contribution in [0.5, 0.6) is 0 Å². The van der Waals surface area contributed by atoms with Crippen molar-refractivity contribution in [2.75, 3.05) is 6.61 Å². The predicted octanol–water partition coefficient (Wildman–Crippen LogP) is 3.49. The second-order valence-electron chi connectivity index (χ2n) is 3.34. The summed E-state index contributed by atoms with van der Waals surface area (Å²) in [4.78, 5) is 0.323. The van der Waals surface area contributed by atoms with Gasteiger partial charge in [-0.3, -0.25) is 0 Å². The van der Waals surface area contributed by atoms with Crippen LogP contribution in [-0.2, 0) is 0 Å². The molecule has 0 aromatic carbocycles. The average Bonchev–Trinajstić information content (AvgIpc) is 2.10. The first-order valence-electron chi connectivity index (χ1n) is 5.06. The van der Waals surface area contributed by atoms with Crippen LogP contribution in [0, 0.1) is 0 Å². The molecule has 1 N–H and O–H groups in total. The zero-order valence-corrected chi connectivity index (χ0v) is 9.65. The topological polar surface area (TPSA) is 20.2 Å². The van der Waals surface area contributed by atoms with Crippen LogP contribution in [0.1, 0.15) is 51.9 Å². The molecule has 0 bridgehead atoms.